The summed E-state index contributed by atoms with van der Waals surface area (Å²) in [5.41, 5.74) is 0.0934. The molecule has 0 aliphatic rings. The Labute approximate surface area is 116 Å². The van der Waals surface area contributed by atoms with Crippen molar-refractivity contribution < 1.29 is 9.59 Å². The maximum atomic E-state index is 12.0. The van der Waals surface area contributed by atoms with Crippen LogP contribution in [0.25, 0.3) is 0 Å². The van der Waals surface area contributed by atoms with Crippen LogP contribution in [0.2, 0.25) is 5.02 Å². The zero-order valence-corrected chi connectivity index (χ0v) is 11.8. The lowest BCUT2D eigenvalue weighted by atomic mass is 10.2. The van der Waals surface area contributed by atoms with E-state index in [1.165, 1.54) is 7.05 Å². The van der Waals surface area contributed by atoms with Crippen LogP contribution < -0.4 is 16.0 Å². The van der Waals surface area contributed by atoms with Crippen LogP contribution in [0.5, 0.6) is 0 Å². The maximum absolute atomic E-state index is 12.0. The normalized spacial score (nSPS) is 11.6. The Bertz CT molecular complexity index is 479. The number of carbonyl (C=O) groups is 2. The van der Waals surface area contributed by atoms with E-state index in [-0.39, 0.29) is 16.6 Å². The Morgan fingerprint density at radius 2 is 2.11 bits per heavy atom. The number of hydrogen-bond donors (Lipinski definition) is 3. The van der Waals surface area contributed by atoms with E-state index < -0.39 is 11.9 Å². The van der Waals surface area contributed by atoms with Gasteiger partial charge in [0.05, 0.1) is 5.02 Å². The Balaban J connectivity index is 2.86. The summed E-state index contributed by atoms with van der Waals surface area (Å²) < 4.78 is 0. The minimum Gasteiger partial charge on any atom is -0.370 e. The third-order valence-electron chi connectivity index (χ3n) is 2.41. The van der Waals surface area contributed by atoms with Crippen molar-refractivity contribution in [3.63, 3.8) is 0 Å². The molecule has 0 aromatic carbocycles. The van der Waals surface area contributed by atoms with E-state index in [4.69, 9.17) is 11.6 Å². The lowest BCUT2D eigenvalue weighted by Gasteiger charge is -2.13. The quantitative estimate of drug-likeness (QED) is 0.754. The topological polar surface area (TPSA) is 83.1 Å². The molecule has 0 bridgehead atoms. The van der Waals surface area contributed by atoms with Crippen LogP contribution in [-0.4, -0.2) is 36.4 Å². The van der Waals surface area contributed by atoms with Crippen molar-refractivity contribution in [3.8, 4) is 0 Å². The number of amides is 2. The van der Waals surface area contributed by atoms with Gasteiger partial charge in [0.2, 0.25) is 5.91 Å². The molecule has 0 radical (unpaired) electrons. The third kappa shape index (κ3) is 4.10. The summed E-state index contributed by atoms with van der Waals surface area (Å²) in [4.78, 5) is 27.4. The molecule has 0 aliphatic heterocycles. The third-order valence-corrected chi connectivity index (χ3v) is 2.71. The molecular formula is C12H17ClN4O2. The van der Waals surface area contributed by atoms with Gasteiger partial charge < -0.3 is 16.0 Å². The zero-order valence-electron chi connectivity index (χ0n) is 11.1. The van der Waals surface area contributed by atoms with E-state index in [9.17, 15) is 9.59 Å². The number of likely N-dealkylation sites (N-methyl/N-ethyl adjacent to an activating group) is 1. The van der Waals surface area contributed by atoms with Crippen molar-refractivity contribution in [2.75, 3.05) is 18.9 Å². The molecular weight excluding hydrogens is 268 g/mol. The molecule has 6 nitrogen and oxygen atoms in total. The van der Waals surface area contributed by atoms with E-state index in [1.807, 2.05) is 6.92 Å². The van der Waals surface area contributed by atoms with Gasteiger partial charge in [0, 0.05) is 13.6 Å². The molecule has 7 heteroatoms. The van der Waals surface area contributed by atoms with Gasteiger partial charge in [0.1, 0.15) is 17.6 Å². The predicted molar refractivity (Wildman–Crippen MR) is 74.4 cm³/mol. The number of carbonyl (C=O) groups excluding carboxylic acids is 2. The summed E-state index contributed by atoms with van der Waals surface area (Å²) in [6, 6.07) is 2.62. The SMILES string of the molecule is CCNc1ccc(Cl)c(C(=O)NC(C)C(=O)NC)n1. The van der Waals surface area contributed by atoms with Crippen molar-refractivity contribution in [1.29, 1.82) is 0 Å². The van der Waals surface area contributed by atoms with Crippen molar-refractivity contribution in [2.24, 2.45) is 0 Å². The maximum Gasteiger partial charge on any atom is 0.272 e. The summed E-state index contributed by atoms with van der Waals surface area (Å²) >= 11 is 5.94. The summed E-state index contributed by atoms with van der Waals surface area (Å²) in [5.74, 6) is -0.210. The van der Waals surface area contributed by atoms with Crippen LogP contribution in [0, 0.1) is 0 Å². The number of halogens is 1. The lowest BCUT2D eigenvalue weighted by molar-refractivity contribution is -0.122. The smallest absolute Gasteiger partial charge is 0.272 e. The van der Waals surface area contributed by atoms with Crippen LogP contribution >= 0.6 is 11.6 Å². The molecule has 2 amide bonds. The second-order valence-corrected chi connectivity index (χ2v) is 4.27. The molecule has 0 spiro atoms. The highest BCUT2D eigenvalue weighted by Crippen LogP contribution is 2.16. The fourth-order valence-electron chi connectivity index (χ4n) is 1.43. The van der Waals surface area contributed by atoms with Crippen molar-refractivity contribution in [2.45, 2.75) is 19.9 Å². The Morgan fingerprint density at radius 3 is 2.68 bits per heavy atom. The van der Waals surface area contributed by atoms with E-state index in [0.29, 0.717) is 12.4 Å². The molecule has 1 aromatic rings. The standard InChI is InChI=1S/C12H17ClN4O2/c1-4-15-9-6-5-8(13)10(17-9)12(19)16-7(2)11(18)14-3/h5-7H,4H2,1-3H3,(H,14,18)(H,15,17)(H,16,19). The average molecular weight is 285 g/mol. The Morgan fingerprint density at radius 1 is 1.42 bits per heavy atom. The number of aromatic nitrogens is 1. The minimum absolute atomic E-state index is 0.0934. The Hall–Kier alpha value is -1.82. The number of rotatable bonds is 5. The predicted octanol–water partition coefficient (Wildman–Crippen LogP) is 1.03. The van der Waals surface area contributed by atoms with Gasteiger partial charge in [0.15, 0.2) is 0 Å². The molecule has 104 valence electrons. The van der Waals surface area contributed by atoms with Gasteiger partial charge in [-0.3, -0.25) is 9.59 Å². The fourth-order valence-corrected chi connectivity index (χ4v) is 1.62. The molecule has 19 heavy (non-hydrogen) atoms. The largest absolute Gasteiger partial charge is 0.370 e. The number of anilines is 1. The highest BCUT2D eigenvalue weighted by Gasteiger charge is 2.18. The summed E-state index contributed by atoms with van der Waals surface area (Å²) in [7, 11) is 1.50. The number of nitrogens with zero attached hydrogens (tertiary/aromatic N) is 1. The fraction of sp³-hybridized carbons (Fsp3) is 0.417. The zero-order chi connectivity index (χ0) is 14.4. The van der Waals surface area contributed by atoms with Crippen molar-refractivity contribution >= 4 is 29.2 Å². The summed E-state index contributed by atoms with van der Waals surface area (Å²) in [6.07, 6.45) is 0. The molecule has 3 N–H and O–H groups in total. The van der Waals surface area contributed by atoms with E-state index in [1.54, 1.807) is 19.1 Å². The second-order valence-electron chi connectivity index (χ2n) is 3.87. The molecule has 1 heterocycles. The van der Waals surface area contributed by atoms with Gasteiger partial charge >= 0.3 is 0 Å². The highest BCUT2D eigenvalue weighted by atomic mass is 35.5. The molecule has 1 aromatic heterocycles. The molecule has 1 rings (SSSR count). The van der Waals surface area contributed by atoms with Gasteiger partial charge in [-0.2, -0.15) is 0 Å². The van der Waals surface area contributed by atoms with E-state index in [2.05, 4.69) is 20.9 Å². The first kappa shape index (κ1) is 15.2. The number of hydrogen-bond acceptors (Lipinski definition) is 4. The van der Waals surface area contributed by atoms with Crippen LogP contribution in [0.3, 0.4) is 0 Å². The van der Waals surface area contributed by atoms with Crippen LogP contribution in [0.4, 0.5) is 5.82 Å². The first-order chi connectivity index (χ1) is 8.99. The molecule has 0 aliphatic carbocycles. The van der Waals surface area contributed by atoms with Crippen LogP contribution in [-0.2, 0) is 4.79 Å². The van der Waals surface area contributed by atoms with E-state index >= 15 is 0 Å². The molecule has 0 saturated carbocycles. The van der Waals surface area contributed by atoms with Crippen LogP contribution in [0.15, 0.2) is 12.1 Å². The number of nitrogens with one attached hydrogen (secondary N) is 3. The van der Waals surface area contributed by atoms with Crippen molar-refractivity contribution in [3.05, 3.63) is 22.8 Å². The highest BCUT2D eigenvalue weighted by molar-refractivity contribution is 6.33. The van der Waals surface area contributed by atoms with E-state index in [0.717, 1.165) is 0 Å². The molecule has 1 atom stereocenters. The molecule has 0 saturated heterocycles. The molecule has 1 unspecified atom stereocenters. The first-order valence-corrected chi connectivity index (χ1v) is 6.30. The van der Waals surface area contributed by atoms with Gasteiger partial charge in [-0.25, -0.2) is 4.98 Å². The van der Waals surface area contributed by atoms with Gasteiger partial charge in [0.25, 0.3) is 5.91 Å². The average Bonchev–Trinajstić information content (AvgIpc) is 2.40. The first-order valence-electron chi connectivity index (χ1n) is 5.92. The monoisotopic (exact) mass is 284 g/mol. The summed E-state index contributed by atoms with van der Waals surface area (Å²) in [5, 5.41) is 8.21. The molecule has 0 fully saturated rings. The van der Waals surface area contributed by atoms with Gasteiger partial charge in [-0.05, 0) is 26.0 Å². The van der Waals surface area contributed by atoms with Gasteiger partial charge in [-0.1, -0.05) is 11.6 Å². The number of pyridine rings is 1. The second kappa shape index (κ2) is 6.94. The van der Waals surface area contributed by atoms with Crippen LogP contribution in [0.1, 0.15) is 24.3 Å². The van der Waals surface area contributed by atoms with Crippen molar-refractivity contribution in [1.82, 2.24) is 15.6 Å². The summed E-state index contributed by atoms with van der Waals surface area (Å²) in [6.45, 7) is 4.19. The minimum atomic E-state index is -0.654. The van der Waals surface area contributed by atoms with Gasteiger partial charge in [-0.15, -0.1) is 0 Å². The Kier molecular flexibility index (Phi) is 5.57. The lowest BCUT2D eigenvalue weighted by Crippen LogP contribution is -2.43.